The van der Waals surface area contributed by atoms with E-state index in [4.69, 9.17) is 0 Å². The lowest BCUT2D eigenvalue weighted by atomic mass is 10.2. The average Bonchev–Trinajstić information content (AvgIpc) is 2.95. The largest absolute Gasteiger partial charge is 0.504 e. The summed E-state index contributed by atoms with van der Waals surface area (Å²) in [5, 5.41) is 13.9. The maximum absolute atomic E-state index is 13.1. The summed E-state index contributed by atoms with van der Waals surface area (Å²) in [4.78, 5) is 16.6. The number of carbonyl (C=O) groups excluding carboxylic acids is 1. The number of amides is 1. The number of aryl methyl sites for hydroxylation is 1. The van der Waals surface area contributed by atoms with Gasteiger partial charge in [0.1, 0.15) is 10.6 Å². The van der Waals surface area contributed by atoms with Gasteiger partial charge in [0.15, 0.2) is 11.5 Å². The lowest BCUT2D eigenvalue weighted by Crippen LogP contribution is -2.37. The van der Waals surface area contributed by atoms with Gasteiger partial charge in [0, 0.05) is 31.2 Å². The van der Waals surface area contributed by atoms with Crippen LogP contribution in [0.25, 0.3) is 16.7 Å². The lowest BCUT2D eigenvalue weighted by Gasteiger charge is -2.27. The quantitative estimate of drug-likeness (QED) is 0.704. The predicted molar refractivity (Wildman–Crippen MR) is 100 cm³/mol. The molecule has 3 aromatic rings. The van der Waals surface area contributed by atoms with Gasteiger partial charge in [-0.05, 0) is 18.2 Å². The zero-order valence-electron chi connectivity index (χ0n) is 14.5. The van der Waals surface area contributed by atoms with E-state index in [0.717, 1.165) is 4.31 Å². The highest BCUT2D eigenvalue weighted by atomic mass is 32.2. The summed E-state index contributed by atoms with van der Waals surface area (Å²) in [5.74, 6) is -1.15. The number of carbonyl (C=O) groups is 1. The molecule has 0 atom stereocenters. The second-order valence-corrected chi connectivity index (χ2v) is 8.03. The van der Waals surface area contributed by atoms with Crippen molar-refractivity contribution in [3.8, 4) is 0 Å². The molecule has 1 amide bonds. The topological polar surface area (TPSA) is 105 Å². The number of nitrogens with zero attached hydrogens (tertiary/aromatic N) is 3. The molecule has 0 aliphatic carbocycles. The Bertz CT molecular complexity index is 1210. The molecule has 0 saturated carbocycles. The van der Waals surface area contributed by atoms with Crippen molar-refractivity contribution in [1.82, 2.24) is 13.9 Å². The molecule has 1 aliphatic rings. The molecule has 0 fully saturated rings. The van der Waals surface area contributed by atoms with E-state index in [0.29, 0.717) is 16.6 Å². The molecule has 2 aromatic heterocycles. The second kappa shape index (κ2) is 5.85. The molecule has 2 N–H and O–H groups in total. The van der Waals surface area contributed by atoms with Gasteiger partial charge in [-0.2, -0.15) is 0 Å². The fraction of sp³-hybridized carbons (Fsp3) is 0.111. The number of likely N-dealkylation sites (N-methyl/N-ethyl adjacent to an activating group) is 1. The van der Waals surface area contributed by atoms with Gasteiger partial charge in [-0.3, -0.25) is 14.1 Å². The van der Waals surface area contributed by atoms with Crippen molar-refractivity contribution < 1.29 is 18.3 Å². The monoisotopic (exact) mass is 384 g/mol. The number of rotatable bonds is 2. The molecule has 1 aromatic carbocycles. The zero-order chi connectivity index (χ0) is 19.3. The number of hydrogen-bond donors (Lipinski definition) is 2. The van der Waals surface area contributed by atoms with Crippen molar-refractivity contribution in [1.29, 1.82) is 0 Å². The molecule has 3 heterocycles. The van der Waals surface area contributed by atoms with Crippen molar-refractivity contribution >= 4 is 38.3 Å². The van der Waals surface area contributed by atoms with Gasteiger partial charge < -0.3 is 15.0 Å². The first-order chi connectivity index (χ1) is 12.8. The van der Waals surface area contributed by atoms with Gasteiger partial charge in [-0.25, -0.2) is 8.42 Å². The Morgan fingerprint density at radius 2 is 1.89 bits per heavy atom. The van der Waals surface area contributed by atoms with E-state index in [2.05, 4.69) is 10.3 Å². The number of aliphatic hydroxyl groups excluding tert-OH is 1. The van der Waals surface area contributed by atoms with Gasteiger partial charge in [-0.1, -0.05) is 18.2 Å². The molecule has 138 valence electrons. The summed E-state index contributed by atoms with van der Waals surface area (Å²) < 4.78 is 28.6. The van der Waals surface area contributed by atoms with Crippen LogP contribution in [0.15, 0.2) is 59.4 Å². The highest BCUT2D eigenvalue weighted by Crippen LogP contribution is 2.40. The summed E-state index contributed by atoms with van der Waals surface area (Å²) in [7, 11) is -1.14. The first-order valence-corrected chi connectivity index (χ1v) is 9.49. The Hall–Kier alpha value is -3.33. The van der Waals surface area contributed by atoms with E-state index in [1.54, 1.807) is 54.2 Å². The molecule has 0 radical (unpaired) electrons. The number of pyridine rings is 1. The van der Waals surface area contributed by atoms with Crippen LogP contribution >= 0.6 is 0 Å². The highest BCUT2D eigenvalue weighted by molar-refractivity contribution is 7.89. The summed E-state index contributed by atoms with van der Waals surface area (Å²) in [6.07, 6.45) is 2.97. The van der Waals surface area contributed by atoms with Gasteiger partial charge in [0.05, 0.1) is 11.9 Å². The molecule has 0 unspecified atom stereocenters. The number of aromatic nitrogens is 2. The van der Waals surface area contributed by atoms with E-state index in [1.807, 2.05) is 0 Å². The van der Waals surface area contributed by atoms with E-state index in [1.165, 1.54) is 13.2 Å². The summed E-state index contributed by atoms with van der Waals surface area (Å²) in [5.41, 5.74) is 0.763. The second-order valence-electron chi connectivity index (χ2n) is 6.12. The summed E-state index contributed by atoms with van der Waals surface area (Å²) >= 11 is 0. The van der Waals surface area contributed by atoms with Gasteiger partial charge in [0.25, 0.3) is 15.9 Å². The standard InChI is InChI=1S/C18H16N4O4S/c1-21-13-8-4-3-7-12(13)17-14(21)16(23)15(22(2)27(17,25)26)18(24)20-11-6-5-9-19-10-11/h3-10,23H,1-2H3,(H,20,24). The van der Waals surface area contributed by atoms with Crippen LogP contribution in [0.5, 0.6) is 0 Å². The number of sulfonamides is 1. The van der Waals surface area contributed by atoms with Crippen LogP contribution in [0, 0.1) is 0 Å². The average molecular weight is 384 g/mol. The van der Waals surface area contributed by atoms with Crippen LogP contribution in [0.2, 0.25) is 0 Å². The van der Waals surface area contributed by atoms with Crippen molar-refractivity contribution in [2.75, 3.05) is 12.4 Å². The van der Waals surface area contributed by atoms with Crippen molar-refractivity contribution in [3.63, 3.8) is 0 Å². The lowest BCUT2D eigenvalue weighted by molar-refractivity contribution is -0.113. The molecule has 8 nitrogen and oxygen atoms in total. The van der Waals surface area contributed by atoms with Crippen molar-refractivity contribution in [3.05, 3.63) is 60.2 Å². The molecule has 1 aliphatic heterocycles. The number of nitrogens with one attached hydrogen (secondary N) is 1. The summed E-state index contributed by atoms with van der Waals surface area (Å²) in [6.45, 7) is 0. The first-order valence-electron chi connectivity index (χ1n) is 8.05. The summed E-state index contributed by atoms with van der Waals surface area (Å²) in [6, 6.07) is 10.2. The van der Waals surface area contributed by atoms with Crippen molar-refractivity contribution in [2.24, 2.45) is 7.05 Å². The number of hydrogen-bond acceptors (Lipinski definition) is 5. The van der Waals surface area contributed by atoms with E-state index in [9.17, 15) is 18.3 Å². The molecule has 27 heavy (non-hydrogen) atoms. The molecule has 0 saturated heterocycles. The maximum Gasteiger partial charge on any atom is 0.276 e. The van der Waals surface area contributed by atoms with Crippen LogP contribution in [-0.4, -0.2) is 40.3 Å². The minimum absolute atomic E-state index is 0.0153. The van der Waals surface area contributed by atoms with Gasteiger partial charge in [-0.15, -0.1) is 0 Å². The van der Waals surface area contributed by atoms with Crippen LogP contribution in [0.1, 0.15) is 5.69 Å². The predicted octanol–water partition coefficient (Wildman–Crippen LogP) is 2.07. The normalized spacial score (nSPS) is 15.7. The zero-order valence-corrected chi connectivity index (χ0v) is 15.4. The molecule has 9 heteroatoms. The Kier molecular flexibility index (Phi) is 3.70. The molecule has 4 rings (SSSR count). The molecule has 0 bridgehead atoms. The van der Waals surface area contributed by atoms with Crippen LogP contribution in [0.4, 0.5) is 5.69 Å². The van der Waals surface area contributed by atoms with Gasteiger partial charge >= 0.3 is 0 Å². The van der Waals surface area contributed by atoms with Crippen LogP contribution < -0.4 is 5.32 Å². The van der Waals surface area contributed by atoms with Crippen LogP contribution in [-0.2, 0) is 21.9 Å². The van der Waals surface area contributed by atoms with Crippen LogP contribution in [0.3, 0.4) is 0 Å². The highest BCUT2D eigenvalue weighted by Gasteiger charge is 2.41. The third kappa shape index (κ3) is 2.39. The van der Waals surface area contributed by atoms with E-state index >= 15 is 0 Å². The van der Waals surface area contributed by atoms with E-state index < -0.39 is 21.7 Å². The molecular weight excluding hydrogens is 368 g/mol. The smallest absolute Gasteiger partial charge is 0.276 e. The number of anilines is 1. The number of benzene rings is 1. The fourth-order valence-corrected chi connectivity index (χ4v) is 4.89. The van der Waals surface area contributed by atoms with Gasteiger partial charge in [0.2, 0.25) is 0 Å². The SMILES string of the molecule is CN1C(C(=O)Nc2cccnc2)=C(O)c2c(c3ccccc3n2C)S1(=O)=O. The third-order valence-electron chi connectivity index (χ3n) is 4.58. The Morgan fingerprint density at radius 1 is 1.15 bits per heavy atom. The Labute approximate surface area is 155 Å². The van der Waals surface area contributed by atoms with E-state index in [-0.39, 0.29) is 16.3 Å². The maximum atomic E-state index is 13.1. The molecular formula is C18H16N4O4S. The number of aliphatic hydroxyl groups is 1. The Morgan fingerprint density at radius 3 is 2.59 bits per heavy atom. The minimum Gasteiger partial charge on any atom is -0.504 e. The number of fused-ring (bicyclic) bond motifs is 3. The fourth-order valence-electron chi connectivity index (χ4n) is 3.28. The minimum atomic E-state index is -4.03. The number of para-hydroxylation sites is 1. The Balaban J connectivity index is 1.95. The molecule has 0 spiro atoms. The first kappa shape index (κ1) is 17.1. The van der Waals surface area contributed by atoms with Crippen molar-refractivity contribution in [2.45, 2.75) is 4.90 Å². The third-order valence-corrected chi connectivity index (χ3v) is 6.41.